The van der Waals surface area contributed by atoms with Gasteiger partial charge in [-0.25, -0.2) is 4.99 Å². The molecule has 148 valence electrons. The van der Waals surface area contributed by atoms with Crippen LogP contribution in [0, 0.1) is 5.92 Å². The highest BCUT2D eigenvalue weighted by atomic mass is 16.5. The van der Waals surface area contributed by atoms with E-state index in [0.29, 0.717) is 19.8 Å². The summed E-state index contributed by atoms with van der Waals surface area (Å²) < 4.78 is 5.34. The normalized spacial score (nSPS) is 19.2. The van der Waals surface area contributed by atoms with Crippen LogP contribution in [0.1, 0.15) is 25.3 Å². The molecule has 0 unspecified atom stereocenters. The van der Waals surface area contributed by atoms with Gasteiger partial charge in [-0.05, 0) is 37.5 Å². The lowest BCUT2D eigenvalue weighted by Crippen LogP contribution is -2.50. The van der Waals surface area contributed by atoms with Crippen LogP contribution in [-0.4, -0.2) is 72.7 Å². The molecule has 2 fully saturated rings. The van der Waals surface area contributed by atoms with Crippen LogP contribution in [0.4, 0.5) is 0 Å². The third-order valence-corrected chi connectivity index (χ3v) is 5.15. The van der Waals surface area contributed by atoms with Crippen molar-refractivity contribution in [1.82, 2.24) is 15.1 Å². The zero-order valence-electron chi connectivity index (χ0n) is 16.1. The summed E-state index contributed by atoms with van der Waals surface area (Å²) in [7, 11) is 0. The molecule has 1 aromatic rings. The fraction of sp³-hybridized carbons (Fsp3) is 0.600. The summed E-state index contributed by atoms with van der Waals surface area (Å²) in [4.78, 5) is 21.6. The maximum atomic E-state index is 12.7. The Morgan fingerprint density at radius 2 is 1.81 bits per heavy atom. The van der Waals surface area contributed by atoms with E-state index in [1.54, 1.807) is 12.1 Å². The van der Waals surface area contributed by atoms with E-state index >= 15 is 0 Å². The lowest BCUT2D eigenvalue weighted by molar-refractivity contribution is -0.140. The topological polar surface area (TPSA) is 77.4 Å². The van der Waals surface area contributed by atoms with E-state index in [1.807, 2.05) is 17.0 Å². The molecule has 1 amide bonds. The minimum absolute atomic E-state index is 0.110. The van der Waals surface area contributed by atoms with Gasteiger partial charge >= 0.3 is 0 Å². The third-order valence-electron chi connectivity index (χ3n) is 5.15. The molecule has 0 aromatic heterocycles. The van der Waals surface area contributed by atoms with Gasteiger partial charge in [-0.15, -0.1) is 0 Å². The number of benzene rings is 1. The van der Waals surface area contributed by atoms with Crippen molar-refractivity contribution in [3.63, 3.8) is 0 Å². The molecule has 7 nitrogen and oxygen atoms in total. The molecule has 0 saturated carbocycles. The first-order valence-corrected chi connectivity index (χ1v) is 9.85. The first-order valence-electron chi connectivity index (χ1n) is 9.85. The first kappa shape index (κ1) is 19.5. The summed E-state index contributed by atoms with van der Waals surface area (Å²) in [5.41, 5.74) is 1.06. The SMILES string of the molecule is CCNC(=NCc1ccc(O)cc1)N1CCC(C(=O)N2CCOCC2)CC1. The number of piperidine rings is 1. The summed E-state index contributed by atoms with van der Waals surface area (Å²) in [5, 5.41) is 12.7. The number of amides is 1. The molecule has 0 radical (unpaired) electrons. The molecule has 7 heteroatoms. The summed E-state index contributed by atoms with van der Waals surface area (Å²) in [6, 6.07) is 7.13. The van der Waals surface area contributed by atoms with Crippen molar-refractivity contribution in [2.24, 2.45) is 10.9 Å². The minimum Gasteiger partial charge on any atom is -0.508 e. The van der Waals surface area contributed by atoms with Gasteiger partial charge in [0.05, 0.1) is 19.8 Å². The number of hydrogen-bond donors (Lipinski definition) is 2. The van der Waals surface area contributed by atoms with Crippen molar-refractivity contribution in [2.45, 2.75) is 26.3 Å². The zero-order valence-corrected chi connectivity index (χ0v) is 16.1. The molecule has 0 bridgehead atoms. The Balaban J connectivity index is 1.55. The predicted octanol–water partition coefficient (Wildman–Crippen LogP) is 1.43. The average molecular weight is 374 g/mol. The molecule has 0 atom stereocenters. The van der Waals surface area contributed by atoms with Crippen LogP contribution < -0.4 is 5.32 Å². The molecule has 2 heterocycles. The number of aromatic hydroxyl groups is 1. The zero-order chi connectivity index (χ0) is 19.1. The molecular weight excluding hydrogens is 344 g/mol. The number of hydrogen-bond acceptors (Lipinski definition) is 4. The molecular formula is C20H30N4O3. The number of rotatable bonds is 4. The summed E-state index contributed by atoms with van der Waals surface area (Å²) in [6.45, 7) is 7.84. The van der Waals surface area contributed by atoms with Crippen molar-refractivity contribution in [3.05, 3.63) is 29.8 Å². The van der Waals surface area contributed by atoms with Gasteiger partial charge in [-0.2, -0.15) is 0 Å². The number of ether oxygens (including phenoxy) is 1. The number of aliphatic imine (C=N–C) groups is 1. The van der Waals surface area contributed by atoms with Gasteiger partial charge in [0.15, 0.2) is 5.96 Å². The number of morpholine rings is 1. The number of phenolic OH excluding ortho intramolecular Hbond substituents is 1. The lowest BCUT2D eigenvalue weighted by Gasteiger charge is -2.36. The van der Waals surface area contributed by atoms with E-state index in [4.69, 9.17) is 9.73 Å². The van der Waals surface area contributed by atoms with E-state index in [1.165, 1.54) is 0 Å². The van der Waals surface area contributed by atoms with Crippen LogP contribution in [0.15, 0.2) is 29.3 Å². The Bertz CT molecular complexity index is 633. The average Bonchev–Trinajstić information content (AvgIpc) is 2.72. The van der Waals surface area contributed by atoms with Gasteiger partial charge in [0.1, 0.15) is 5.75 Å². The Morgan fingerprint density at radius 1 is 1.15 bits per heavy atom. The van der Waals surface area contributed by atoms with E-state index in [-0.39, 0.29) is 17.6 Å². The van der Waals surface area contributed by atoms with Gasteiger partial charge < -0.3 is 25.0 Å². The van der Waals surface area contributed by atoms with E-state index in [9.17, 15) is 9.90 Å². The first-order chi connectivity index (χ1) is 13.2. The Labute approximate surface area is 161 Å². The van der Waals surface area contributed by atoms with Crippen molar-refractivity contribution >= 4 is 11.9 Å². The Kier molecular flexibility index (Phi) is 6.92. The standard InChI is InChI=1S/C20H30N4O3/c1-2-21-20(22-15-16-3-5-18(25)6-4-16)24-9-7-17(8-10-24)19(26)23-11-13-27-14-12-23/h3-6,17,25H,2,7-15H2,1H3,(H,21,22). The van der Waals surface area contributed by atoms with Crippen LogP contribution in [-0.2, 0) is 16.1 Å². The second-order valence-corrected chi connectivity index (χ2v) is 7.04. The fourth-order valence-corrected chi connectivity index (χ4v) is 3.57. The fourth-order valence-electron chi connectivity index (χ4n) is 3.57. The molecule has 0 aliphatic carbocycles. The smallest absolute Gasteiger partial charge is 0.225 e. The molecule has 27 heavy (non-hydrogen) atoms. The van der Waals surface area contributed by atoms with Gasteiger partial charge in [-0.1, -0.05) is 12.1 Å². The van der Waals surface area contributed by atoms with Crippen molar-refractivity contribution in [2.75, 3.05) is 45.9 Å². The number of likely N-dealkylation sites (tertiary alicyclic amines) is 1. The molecule has 2 aliphatic heterocycles. The highest BCUT2D eigenvalue weighted by Gasteiger charge is 2.30. The number of carbonyl (C=O) groups excluding carboxylic acids is 1. The summed E-state index contributed by atoms with van der Waals surface area (Å²) in [6.07, 6.45) is 1.72. The van der Waals surface area contributed by atoms with Crippen molar-refractivity contribution in [1.29, 1.82) is 0 Å². The number of carbonyl (C=O) groups is 1. The van der Waals surface area contributed by atoms with Crippen LogP contribution in [0.2, 0.25) is 0 Å². The molecule has 2 aliphatic rings. The molecule has 2 saturated heterocycles. The van der Waals surface area contributed by atoms with Crippen LogP contribution >= 0.6 is 0 Å². The number of guanidine groups is 1. The maximum Gasteiger partial charge on any atom is 0.225 e. The van der Waals surface area contributed by atoms with Gasteiger partial charge in [-0.3, -0.25) is 4.79 Å². The van der Waals surface area contributed by atoms with Crippen LogP contribution in [0.5, 0.6) is 5.75 Å². The predicted molar refractivity (Wildman–Crippen MR) is 105 cm³/mol. The van der Waals surface area contributed by atoms with Crippen molar-refractivity contribution in [3.8, 4) is 5.75 Å². The number of nitrogens with zero attached hydrogens (tertiary/aromatic N) is 3. The molecule has 2 N–H and O–H groups in total. The second-order valence-electron chi connectivity index (χ2n) is 7.04. The summed E-state index contributed by atoms with van der Waals surface area (Å²) >= 11 is 0. The number of phenols is 1. The summed E-state index contributed by atoms with van der Waals surface area (Å²) in [5.74, 6) is 1.55. The Hall–Kier alpha value is -2.28. The monoisotopic (exact) mass is 374 g/mol. The molecule has 3 rings (SSSR count). The maximum absolute atomic E-state index is 12.7. The van der Waals surface area contributed by atoms with Crippen LogP contribution in [0.3, 0.4) is 0 Å². The lowest BCUT2D eigenvalue weighted by atomic mass is 9.95. The largest absolute Gasteiger partial charge is 0.508 e. The van der Waals surface area contributed by atoms with E-state index < -0.39 is 0 Å². The highest BCUT2D eigenvalue weighted by molar-refractivity contribution is 5.82. The van der Waals surface area contributed by atoms with Gasteiger partial charge in [0.2, 0.25) is 5.91 Å². The van der Waals surface area contributed by atoms with Crippen LogP contribution in [0.25, 0.3) is 0 Å². The number of nitrogens with one attached hydrogen (secondary N) is 1. The molecule has 1 aromatic carbocycles. The minimum atomic E-state index is 0.110. The second kappa shape index (κ2) is 9.60. The highest BCUT2D eigenvalue weighted by Crippen LogP contribution is 2.21. The van der Waals surface area contributed by atoms with Crippen molar-refractivity contribution < 1.29 is 14.6 Å². The van der Waals surface area contributed by atoms with Gasteiger partial charge in [0.25, 0.3) is 0 Å². The van der Waals surface area contributed by atoms with E-state index in [2.05, 4.69) is 17.1 Å². The molecule has 0 spiro atoms. The van der Waals surface area contributed by atoms with Gasteiger partial charge in [0, 0.05) is 38.6 Å². The third kappa shape index (κ3) is 5.35. The quantitative estimate of drug-likeness (QED) is 0.616. The Morgan fingerprint density at radius 3 is 2.44 bits per heavy atom. The van der Waals surface area contributed by atoms with E-state index in [0.717, 1.165) is 57.1 Å².